The van der Waals surface area contributed by atoms with E-state index in [1.807, 2.05) is 11.3 Å². The standard InChI is InChI=1S/C14H23BrN2S/c1-11(14-9-12(15)10-18-14)16-7-8-17(2)13-5-3-4-6-13/h9-11,13,16H,3-8H2,1-2H3. The van der Waals surface area contributed by atoms with E-state index >= 15 is 0 Å². The Labute approximate surface area is 123 Å². The van der Waals surface area contributed by atoms with Crippen LogP contribution in [0.25, 0.3) is 0 Å². The van der Waals surface area contributed by atoms with Gasteiger partial charge in [0.15, 0.2) is 0 Å². The molecule has 1 fully saturated rings. The number of likely N-dealkylation sites (N-methyl/N-ethyl adjacent to an activating group) is 1. The molecule has 18 heavy (non-hydrogen) atoms. The van der Waals surface area contributed by atoms with Crippen LogP contribution in [-0.4, -0.2) is 31.1 Å². The maximum Gasteiger partial charge on any atom is 0.0386 e. The first-order valence-electron chi connectivity index (χ1n) is 6.84. The van der Waals surface area contributed by atoms with Gasteiger partial charge >= 0.3 is 0 Å². The third-order valence-corrected chi connectivity index (χ3v) is 5.75. The van der Waals surface area contributed by atoms with Gasteiger partial charge in [-0.15, -0.1) is 11.3 Å². The zero-order valence-electron chi connectivity index (χ0n) is 11.3. The van der Waals surface area contributed by atoms with Crippen LogP contribution in [0.4, 0.5) is 0 Å². The predicted octanol–water partition coefficient (Wildman–Crippen LogP) is 4.04. The van der Waals surface area contributed by atoms with Crippen LogP contribution >= 0.6 is 27.3 Å². The lowest BCUT2D eigenvalue weighted by Gasteiger charge is -2.24. The van der Waals surface area contributed by atoms with E-state index in [-0.39, 0.29) is 0 Å². The van der Waals surface area contributed by atoms with Gasteiger partial charge in [0.1, 0.15) is 0 Å². The molecule has 0 aromatic carbocycles. The Morgan fingerprint density at radius 2 is 2.22 bits per heavy atom. The fourth-order valence-corrected chi connectivity index (χ4v) is 4.12. The summed E-state index contributed by atoms with van der Waals surface area (Å²) in [5.41, 5.74) is 0. The largest absolute Gasteiger partial charge is 0.308 e. The molecule has 1 atom stereocenters. The van der Waals surface area contributed by atoms with Gasteiger partial charge in [0.05, 0.1) is 0 Å². The first-order valence-corrected chi connectivity index (χ1v) is 8.51. The van der Waals surface area contributed by atoms with E-state index in [1.54, 1.807) is 0 Å². The van der Waals surface area contributed by atoms with Gasteiger partial charge in [-0.25, -0.2) is 0 Å². The molecule has 0 amide bonds. The minimum atomic E-state index is 0.457. The topological polar surface area (TPSA) is 15.3 Å². The maximum absolute atomic E-state index is 3.61. The van der Waals surface area contributed by atoms with Crippen molar-refractivity contribution in [3.8, 4) is 0 Å². The van der Waals surface area contributed by atoms with Crippen LogP contribution in [0, 0.1) is 0 Å². The van der Waals surface area contributed by atoms with Gasteiger partial charge in [0.2, 0.25) is 0 Å². The summed E-state index contributed by atoms with van der Waals surface area (Å²) in [6, 6.07) is 3.50. The molecule has 0 spiro atoms. The maximum atomic E-state index is 3.61. The summed E-state index contributed by atoms with van der Waals surface area (Å²) in [4.78, 5) is 3.93. The van der Waals surface area contributed by atoms with Crippen molar-refractivity contribution < 1.29 is 0 Å². The van der Waals surface area contributed by atoms with Gasteiger partial charge in [-0.2, -0.15) is 0 Å². The lowest BCUT2D eigenvalue weighted by Crippen LogP contribution is -2.36. The van der Waals surface area contributed by atoms with Crippen LogP contribution in [0.2, 0.25) is 0 Å². The van der Waals surface area contributed by atoms with Crippen LogP contribution in [0.3, 0.4) is 0 Å². The molecule has 1 heterocycles. The molecule has 2 nitrogen and oxygen atoms in total. The number of rotatable bonds is 6. The van der Waals surface area contributed by atoms with Crippen molar-refractivity contribution in [1.82, 2.24) is 10.2 Å². The van der Waals surface area contributed by atoms with Gasteiger partial charge in [-0.05, 0) is 48.8 Å². The summed E-state index contributed by atoms with van der Waals surface area (Å²) >= 11 is 5.33. The smallest absolute Gasteiger partial charge is 0.0386 e. The van der Waals surface area contributed by atoms with Crippen LogP contribution < -0.4 is 5.32 Å². The summed E-state index contributed by atoms with van der Waals surface area (Å²) in [5, 5.41) is 5.77. The molecule has 1 saturated carbocycles. The van der Waals surface area contributed by atoms with Crippen LogP contribution in [0.15, 0.2) is 15.9 Å². The van der Waals surface area contributed by atoms with Crippen molar-refractivity contribution in [2.75, 3.05) is 20.1 Å². The first kappa shape index (κ1) is 14.5. The summed E-state index contributed by atoms with van der Waals surface area (Å²) in [6.45, 7) is 4.47. The quantitative estimate of drug-likeness (QED) is 0.846. The van der Waals surface area contributed by atoms with E-state index in [9.17, 15) is 0 Å². The Balaban J connectivity index is 1.68. The van der Waals surface area contributed by atoms with Crippen LogP contribution in [0.5, 0.6) is 0 Å². The van der Waals surface area contributed by atoms with Crippen LogP contribution in [-0.2, 0) is 0 Å². The van der Waals surface area contributed by atoms with E-state index in [2.05, 4.69) is 51.6 Å². The first-order chi connectivity index (χ1) is 8.66. The summed E-state index contributed by atoms with van der Waals surface area (Å²) in [6.07, 6.45) is 5.62. The van der Waals surface area contributed by atoms with Gasteiger partial charge in [-0.1, -0.05) is 12.8 Å². The van der Waals surface area contributed by atoms with Gasteiger partial charge in [0, 0.05) is 39.9 Å². The zero-order valence-corrected chi connectivity index (χ0v) is 13.7. The highest BCUT2D eigenvalue weighted by atomic mass is 79.9. The highest BCUT2D eigenvalue weighted by molar-refractivity contribution is 9.10. The van der Waals surface area contributed by atoms with Gasteiger partial charge < -0.3 is 10.2 Å². The molecule has 0 aliphatic heterocycles. The number of hydrogen-bond donors (Lipinski definition) is 1. The SMILES string of the molecule is CC(NCCN(C)C1CCCC1)c1cc(Br)cs1. The molecule has 1 aromatic rings. The summed E-state index contributed by atoms with van der Waals surface area (Å²) in [7, 11) is 2.27. The fraction of sp³-hybridized carbons (Fsp3) is 0.714. The van der Waals surface area contributed by atoms with E-state index in [1.165, 1.54) is 35.0 Å². The normalized spacial score (nSPS) is 18.7. The second-order valence-electron chi connectivity index (χ2n) is 5.26. The monoisotopic (exact) mass is 330 g/mol. The van der Waals surface area contributed by atoms with E-state index < -0.39 is 0 Å². The van der Waals surface area contributed by atoms with E-state index in [4.69, 9.17) is 0 Å². The Morgan fingerprint density at radius 1 is 1.50 bits per heavy atom. The van der Waals surface area contributed by atoms with Crippen molar-refractivity contribution in [3.63, 3.8) is 0 Å². The third kappa shape index (κ3) is 4.05. The molecule has 1 aromatic heterocycles. The number of thiophene rings is 1. The van der Waals surface area contributed by atoms with Crippen molar-refractivity contribution in [1.29, 1.82) is 0 Å². The lowest BCUT2D eigenvalue weighted by atomic mass is 10.2. The second-order valence-corrected chi connectivity index (χ2v) is 7.12. The van der Waals surface area contributed by atoms with Crippen molar-refractivity contribution in [2.24, 2.45) is 0 Å². The van der Waals surface area contributed by atoms with Crippen LogP contribution in [0.1, 0.15) is 43.5 Å². The predicted molar refractivity (Wildman–Crippen MR) is 83.3 cm³/mol. The summed E-state index contributed by atoms with van der Waals surface area (Å²) in [5.74, 6) is 0. The van der Waals surface area contributed by atoms with Gasteiger partial charge in [-0.3, -0.25) is 0 Å². The lowest BCUT2D eigenvalue weighted by molar-refractivity contribution is 0.243. The Morgan fingerprint density at radius 3 is 2.83 bits per heavy atom. The van der Waals surface area contributed by atoms with Crippen molar-refractivity contribution in [2.45, 2.75) is 44.7 Å². The molecule has 1 N–H and O–H groups in total. The molecule has 1 aliphatic carbocycles. The molecule has 0 radical (unpaired) electrons. The third-order valence-electron chi connectivity index (χ3n) is 3.88. The average molecular weight is 331 g/mol. The molecule has 2 rings (SSSR count). The highest BCUT2D eigenvalue weighted by Crippen LogP contribution is 2.25. The zero-order chi connectivity index (χ0) is 13.0. The molecule has 1 aliphatic rings. The Bertz CT molecular complexity index is 360. The number of nitrogens with zero attached hydrogens (tertiary/aromatic N) is 1. The summed E-state index contributed by atoms with van der Waals surface area (Å²) < 4.78 is 1.19. The molecular formula is C14H23BrN2S. The molecule has 0 saturated heterocycles. The second kappa shape index (κ2) is 7.04. The molecule has 102 valence electrons. The fourth-order valence-electron chi connectivity index (χ4n) is 2.64. The number of halogens is 1. The Kier molecular flexibility index (Phi) is 5.67. The molecule has 0 bridgehead atoms. The number of nitrogens with one attached hydrogen (secondary N) is 1. The van der Waals surface area contributed by atoms with Crippen molar-refractivity contribution >= 4 is 27.3 Å². The molecule has 4 heteroatoms. The number of hydrogen-bond acceptors (Lipinski definition) is 3. The van der Waals surface area contributed by atoms with E-state index in [0.717, 1.165) is 19.1 Å². The molecular weight excluding hydrogens is 308 g/mol. The minimum Gasteiger partial charge on any atom is -0.308 e. The van der Waals surface area contributed by atoms with E-state index in [0.29, 0.717) is 6.04 Å². The average Bonchev–Trinajstić information content (AvgIpc) is 2.99. The Hall–Kier alpha value is 0.1000. The van der Waals surface area contributed by atoms with Gasteiger partial charge in [0.25, 0.3) is 0 Å². The minimum absolute atomic E-state index is 0.457. The van der Waals surface area contributed by atoms with Crippen molar-refractivity contribution in [3.05, 3.63) is 20.8 Å². The highest BCUT2D eigenvalue weighted by Gasteiger charge is 2.19. The molecule has 1 unspecified atom stereocenters.